The van der Waals surface area contributed by atoms with E-state index >= 15 is 0 Å². The minimum Gasteiger partial charge on any atom is -0.744 e. The van der Waals surface area contributed by atoms with E-state index in [0.717, 1.165) is 22.3 Å². The zero-order chi connectivity index (χ0) is 18.1. The standard InChI is InChI=1S/C19H22O5S.Li/c20-11-3-9-19(10-4-12-21)17-6-2-1-5-15(17)16-13-14(25(22,23)24)7-8-18(16)19;/h1-2,5-8,13,20-21H,3-4,9-12H2,(H,22,23,24);/q;+1/p-1. The summed E-state index contributed by atoms with van der Waals surface area (Å²) in [5.74, 6) is 0. The fraction of sp³-hybridized carbons (Fsp3) is 0.368. The van der Waals surface area contributed by atoms with Crippen LogP contribution in [0.3, 0.4) is 0 Å². The van der Waals surface area contributed by atoms with E-state index in [1.165, 1.54) is 12.1 Å². The van der Waals surface area contributed by atoms with Crippen molar-refractivity contribution < 1.29 is 42.0 Å². The van der Waals surface area contributed by atoms with Gasteiger partial charge in [-0.1, -0.05) is 30.3 Å². The van der Waals surface area contributed by atoms with Gasteiger partial charge in [0.25, 0.3) is 0 Å². The van der Waals surface area contributed by atoms with Gasteiger partial charge >= 0.3 is 18.9 Å². The molecule has 0 amide bonds. The zero-order valence-electron chi connectivity index (χ0n) is 14.8. The van der Waals surface area contributed by atoms with Gasteiger partial charge in [-0.25, -0.2) is 8.42 Å². The van der Waals surface area contributed by atoms with Crippen LogP contribution in [0.4, 0.5) is 0 Å². The second-order valence-electron chi connectivity index (χ2n) is 6.44. The summed E-state index contributed by atoms with van der Waals surface area (Å²) in [7, 11) is -4.53. The predicted octanol–water partition coefficient (Wildman–Crippen LogP) is -0.594. The minimum atomic E-state index is -4.53. The van der Waals surface area contributed by atoms with Gasteiger partial charge in [0.1, 0.15) is 10.1 Å². The number of aliphatic hydroxyl groups excluding tert-OH is 2. The molecule has 0 saturated heterocycles. The second kappa shape index (κ2) is 8.26. The third-order valence-corrected chi connectivity index (χ3v) is 5.88. The molecule has 0 saturated carbocycles. The van der Waals surface area contributed by atoms with E-state index in [9.17, 15) is 23.2 Å². The van der Waals surface area contributed by atoms with Crippen LogP contribution in [0.1, 0.15) is 36.8 Å². The van der Waals surface area contributed by atoms with Crippen molar-refractivity contribution in [2.75, 3.05) is 13.2 Å². The van der Waals surface area contributed by atoms with E-state index in [1.54, 1.807) is 6.07 Å². The van der Waals surface area contributed by atoms with Crippen molar-refractivity contribution in [3.05, 3.63) is 53.6 Å². The van der Waals surface area contributed by atoms with Gasteiger partial charge in [0.05, 0.1) is 4.90 Å². The first kappa shape index (κ1) is 21.2. The fourth-order valence-corrected chi connectivity index (χ4v) is 4.52. The molecule has 1 aliphatic rings. The van der Waals surface area contributed by atoms with Crippen molar-refractivity contribution in [3.8, 4) is 11.1 Å². The molecule has 0 aliphatic heterocycles. The van der Waals surface area contributed by atoms with Crippen molar-refractivity contribution in [1.29, 1.82) is 0 Å². The molecule has 2 aromatic rings. The summed E-state index contributed by atoms with van der Waals surface area (Å²) in [5.41, 5.74) is 3.31. The Morgan fingerprint density at radius 3 is 2.04 bits per heavy atom. The third kappa shape index (κ3) is 3.63. The first-order valence-corrected chi connectivity index (χ1v) is 9.77. The maximum absolute atomic E-state index is 11.4. The van der Waals surface area contributed by atoms with Crippen molar-refractivity contribution >= 4 is 10.1 Å². The SMILES string of the molecule is O=S(=O)([O-])c1ccc2c(c1)-c1ccccc1C2(CCCO)CCCO.[Li+]. The largest absolute Gasteiger partial charge is 1.00 e. The smallest absolute Gasteiger partial charge is 0.744 e. The average Bonchev–Trinajstić information content (AvgIpc) is 2.88. The molecule has 0 bridgehead atoms. The first-order valence-electron chi connectivity index (χ1n) is 8.36. The van der Waals surface area contributed by atoms with Crippen molar-refractivity contribution in [2.45, 2.75) is 36.0 Å². The molecule has 26 heavy (non-hydrogen) atoms. The Kier molecular flexibility index (Phi) is 6.73. The van der Waals surface area contributed by atoms with Gasteiger partial charge in [0, 0.05) is 18.6 Å². The molecule has 0 aromatic heterocycles. The summed E-state index contributed by atoms with van der Waals surface area (Å²) in [6.07, 6.45) is 2.58. The summed E-state index contributed by atoms with van der Waals surface area (Å²) in [6.45, 7) is 0.122. The summed E-state index contributed by atoms with van der Waals surface area (Å²) in [6, 6.07) is 12.3. The molecule has 0 radical (unpaired) electrons. The van der Waals surface area contributed by atoms with Crippen LogP contribution in [0.2, 0.25) is 0 Å². The van der Waals surface area contributed by atoms with Crippen LogP contribution in [0.25, 0.3) is 11.1 Å². The van der Waals surface area contributed by atoms with Crippen LogP contribution in [-0.4, -0.2) is 36.4 Å². The molecular weight excluding hydrogens is 347 g/mol. The summed E-state index contributed by atoms with van der Waals surface area (Å²) in [4.78, 5) is -0.235. The molecule has 0 fully saturated rings. The van der Waals surface area contributed by atoms with Gasteiger partial charge in [0.15, 0.2) is 0 Å². The van der Waals surface area contributed by atoms with E-state index < -0.39 is 10.1 Å². The molecule has 3 rings (SSSR count). The van der Waals surface area contributed by atoms with E-state index in [0.29, 0.717) is 25.7 Å². The van der Waals surface area contributed by atoms with E-state index in [2.05, 4.69) is 0 Å². The van der Waals surface area contributed by atoms with Crippen LogP contribution in [0.15, 0.2) is 47.4 Å². The molecule has 0 heterocycles. The summed E-state index contributed by atoms with van der Waals surface area (Å²) < 4.78 is 34.3. The second-order valence-corrected chi connectivity index (χ2v) is 7.82. The van der Waals surface area contributed by atoms with E-state index in [-0.39, 0.29) is 42.4 Å². The van der Waals surface area contributed by atoms with Crippen LogP contribution in [-0.2, 0) is 15.5 Å². The Hall–Kier alpha value is -1.13. The number of rotatable bonds is 7. The maximum atomic E-state index is 11.4. The van der Waals surface area contributed by atoms with Crippen molar-refractivity contribution in [3.63, 3.8) is 0 Å². The monoisotopic (exact) mass is 368 g/mol. The molecule has 0 unspecified atom stereocenters. The molecule has 7 heteroatoms. The van der Waals surface area contributed by atoms with Gasteiger partial charge < -0.3 is 14.8 Å². The third-order valence-electron chi connectivity index (χ3n) is 5.05. The van der Waals surface area contributed by atoms with Gasteiger partial charge in [-0.3, -0.25) is 0 Å². The van der Waals surface area contributed by atoms with Gasteiger partial charge in [0.2, 0.25) is 0 Å². The molecule has 0 atom stereocenters. The Balaban J connectivity index is 0.00000243. The number of aliphatic hydroxyl groups is 2. The topological polar surface area (TPSA) is 97.7 Å². The quantitative estimate of drug-likeness (QED) is 0.503. The molecular formula is C19H21LiO5S. The van der Waals surface area contributed by atoms with E-state index in [1.807, 2.05) is 24.3 Å². The molecule has 0 spiro atoms. The summed E-state index contributed by atoms with van der Waals surface area (Å²) >= 11 is 0. The first-order chi connectivity index (χ1) is 11.9. The number of hydrogen-bond donors (Lipinski definition) is 2. The van der Waals surface area contributed by atoms with Crippen LogP contribution >= 0.6 is 0 Å². The van der Waals surface area contributed by atoms with Crippen molar-refractivity contribution in [2.24, 2.45) is 0 Å². The Labute approximate surface area is 166 Å². The number of fused-ring (bicyclic) bond motifs is 3. The fourth-order valence-electron chi connectivity index (χ4n) is 4.02. The normalized spacial score (nSPS) is 14.4. The zero-order valence-corrected chi connectivity index (χ0v) is 15.6. The molecule has 2 aromatic carbocycles. The van der Waals surface area contributed by atoms with Crippen molar-refractivity contribution in [1.82, 2.24) is 0 Å². The predicted molar refractivity (Wildman–Crippen MR) is 93.3 cm³/mol. The Bertz CT molecular complexity index is 871. The maximum Gasteiger partial charge on any atom is 1.00 e. The minimum absolute atomic E-state index is 0. The number of benzene rings is 2. The van der Waals surface area contributed by atoms with Crippen LogP contribution in [0, 0.1) is 0 Å². The number of hydrogen-bond acceptors (Lipinski definition) is 5. The Morgan fingerprint density at radius 1 is 0.885 bits per heavy atom. The van der Waals surface area contributed by atoms with Gasteiger partial charge in [-0.05, 0) is 60.1 Å². The molecule has 2 N–H and O–H groups in total. The molecule has 1 aliphatic carbocycles. The van der Waals surface area contributed by atoms with Gasteiger partial charge in [-0.15, -0.1) is 0 Å². The van der Waals surface area contributed by atoms with Crippen LogP contribution < -0.4 is 18.9 Å². The molecule has 134 valence electrons. The van der Waals surface area contributed by atoms with Gasteiger partial charge in [-0.2, -0.15) is 0 Å². The average molecular weight is 368 g/mol. The Morgan fingerprint density at radius 2 is 1.46 bits per heavy atom. The summed E-state index contributed by atoms with van der Waals surface area (Å²) in [5, 5.41) is 18.7. The van der Waals surface area contributed by atoms with E-state index in [4.69, 9.17) is 0 Å². The van der Waals surface area contributed by atoms with Crippen LogP contribution in [0.5, 0.6) is 0 Å². The molecule has 5 nitrogen and oxygen atoms in total.